The first-order chi connectivity index (χ1) is 37.2. The lowest BCUT2D eigenvalue weighted by atomic mass is 10.0. The summed E-state index contributed by atoms with van der Waals surface area (Å²) in [6, 6.07) is -3.16. The lowest BCUT2D eigenvalue weighted by molar-refractivity contribution is -0.142. The van der Waals surface area contributed by atoms with Crippen molar-refractivity contribution in [1.29, 1.82) is 0 Å². The second-order valence-electron chi connectivity index (χ2n) is 18.4. The van der Waals surface area contributed by atoms with Gasteiger partial charge in [0.1, 0.15) is 47.7 Å². The van der Waals surface area contributed by atoms with E-state index in [1.54, 1.807) is 24.3 Å². The Morgan fingerprint density at radius 2 is 1.31 bits per heavy atom. The summed E-state index contributed by atoms with van der Waals surface area (Å²) in [6.45, 7) is -1.06. The van der Waals surface area contributed by atoms with Crippen LogP contribution in [0.15, 0.2) is 41.0 Å². The topological polar surface area (TPSA) is 532 Å². The minimum absolute atomic E-state index is 0.0111. The summed E-state index contributed by atoms with van der Waals surface area (Å²) in [5.41, 5.74) is 44.9. The van der Waals surface area contributed by atoms with Crippen LogP contribution in [0.5, 0.6) is 5.75 Å². The van der Waals surface area contributed by atoms with Crippen molar-refractivity contribution in [2.45, 2.75) is 132 Å². The van der Waals surface area contributed by atoms with Gasteiger partial charge < -0.3 is 108 Å². The highest BCUT2D eigenvalue weighted by Crippen LogP contribution is 2.21. The Kier molecular flexibility index (Phi) is 31.0. The quantitative estimate of drug-likeness (QED) is 0.0127. The summed E-state index contributed by atoms with van der Waals surface area (Å²) >= 11 is 0. The third kappa shape index (κ3) is 23.3. The van der Waals surface area contributed by atoms with Gasteiger partial charge in [0.25, 0.3) is 0 Å². The maximum atomic E-state index is 14.3. The van der Waals surface area contributed by atoms with Gasteiger partial charge in [0.05, 0.1) is 31.9 Å². The molecule has 1 aromatic rings. The van der Waals surface area contributed by atoms with Gasteiger partial charge in [-0.05, 0) is 102 Å². The molecule has 30 heteroatoms. The fourth-order valence-corrected chi connectivity index (χ4v) is 8.02. The highest BCUT2D eigenvalue weighted by atomic mass is 16.5. The Balaban J connectivity index is 2.34. The number of aliphatic carboxylic acids is 1. The number of carboxylic acid groups (broad SMARTS) is 1. The molecule has 1 aromatic carbocycles. The Hall–Kier alpha value is -7.06. The van der Waals surface area contributed by atoms with Gasteiger partial charge in [-0.3, -0.25) is 43.3 Å². The van der Waals surface area contributed by atoms with Crippen LogP contribution in [0.3, 0.4) is 0 Å². The number of nitrogens with one attached hydrogen (secondary N) is 7. The molecule has 78 heavy (non-hydrogen) atoms. The van der Waals surface area contributed by atoms with E-state index in [1.165, 1.54) is 18.1 Å². The van der Waals surface area contributed by atoms with Gasteiger partial charge in [0.2, 0.25) is 47.3 Å². The fraction of sp³-hybridized carbons (Fsp3) is 0.625. The lowest BCUT2D eigenvalue weighted by Gasteiger charge is -2.30. The molecule has 1 saturated heterocycles. The molecule has 1 heterocycles. The molecule has 1 fully saturated rings. The summed E-state index contributed by atoms with van der Waals surface area (Å²) in [5, 5.41) is 48.1. The number of aliphatic imine (C=N–C) groups is 1. The number of carbonyl (C=O) groups is 9. The number of aliphatic hydroxyl groups is 2. The first-order valence-electron chi connectivity index (χ1n) is 25.8. The number of hydrogen-bond donors (Lipinski definition) is 18. The fourth-order valence-electron chi connectivity index (χ4n) is 8.02. The van der Waals surface area contributed by atoms with Crippen molar-refractivity contribution in [1.82, 2.24) is 42.1 Å². The molecule has 0 bridgehead atoms. The standard InChI is InChI=1S/C48H83N17O13/c1-78-28-16-14-27(15-17-28)23-33(42(71)60-30(10-3-5-19-50)41(70)61-32(47(76)77)12-7-21-57-48(55)56)62-43(72)34-13-8-22-65(34)46(75)31(11-6-20-51)59-37(68)26-58-44(73)38(35(66)24-52)64-45(74)39(36(67)25-53)63-40(69)29(54)9-2-4-18-49/h12,14-17,29-31,33-36,38-39,66-67H,2-11,13,18-26,49-54H2,1H3,(H,58,73)(H,59,68)(H,60,71)(H,61,70)(H,62,72)(H,63,69)(H,64,74)(H,76,77)(H4,55,56,57)/b32-12-/t29-,30-,31+,33-,34-,35-,36-,38-,39-/m0/s1. The highest BCUT2D eigenvalue weighted by Gasteiger charge is 2.40. The molecule has 0 saturated carbocycles. The second kappa shape index (κ2) is 36.1. The number of nitrogens with zero attached hydrogens (tertiary/aromatic N) is 2. The number of guanidine groups is 1. The molecule has 1 aliphatic rings. The average Bonchev–Trinajstić information content (AvgIpc) is 3.92. The minimum atomic E-state index is -1.83. The van der Waals surface area contributed by atoms with E-state index in [0.29, 0.717) is 50.0 Å². The predicted octanol–water partition coefficient (Wildman–Crippen LogP) is -7.52. The molecule has 0 radical (unpaired) electrons. The van der Waals surface area contributed by atoms with E-state index in [4.69, 9.17) is 50.6 Å². The van der Waals surface area contributed by atoms with Gasteiger partial charge in [-0.15, -0.1) is 0 Å². The number of aliphatic hydroxyl groups excluding tert-OH is 2. The number of rotatable bonds is 37. The molecule has 8 amide bonds. The monoisotopic (exact) mass is 1110 g/mol. The van der Waals surface area contributed by atoms with Crippen LogP contribution in [-0.2, 0) is 49.6 Å². The third-order valence-electron chi connectivity index (χ3n) is 12.4. The third-order valence-corrected chi connectivity index (χ3v) is 12.4. The van der Waals surface area contributed by atoms with Crippen LogP contribution < -0.4 is 87.8 Å². The molecule has 1 aliphatic heterocycles. The van der Waals surface area contributed by atoms with Crippen molar-refractivity contribution in [2.75, 3.05) is 59.5 Å². The number of ether oxygens (including phenoxy) is 1. The number of carbonyl (C=O) groups excluding carboxylic acids is 8. The van der Waals surface area contributed by atoms with Crippen LogP contribution in [0.2, 0.25) is 0 Å². The Morgan fingerprint density at radius 1 is 0.718 bits per heavy atom. The van der Waals surface area contributed by atoms with Crippen molar-refractivity contribution in [3.05, 3.63) is 41.6 Å². The number of unbranched alkanes of at least 4 members (excludes halogenated alkanes) is 2. The van der Waals surface area contributed by atoms with Crippen LogP contribution in [-0.4, -0.2) is 193 Å². The maximum absolute atomic E-state index is 14.3. The lowest BCUT2D eigenvalue weighted by Crippen LogP contribution is -2.63. The summed E-state index contributed by atoms with van der Waals surface area (Å²) in [5.74, 6) is -8.26. The zero-order valence-electron chi connectivity index (χ0n) is 44.2. The van der Waals surface area contributed by atoms with E-state index in [-0.39, 0.29) is 77.1 Å². The number of benzene rings is 1. The number of likely N-dealkylation sites (tertiary alicyclic amines) is 1. The number of methoxy groups -OCH3 is 1. The van der Waals surface area contributed by atoms with Crippen LogP contribution in [0.25, 0.3) is 0 Å². The van der Waals surface area contributed by atoms with Gasteiger partial charge in [-0.2, -0.15) is 0 Å². The summed E-state index contributed by atoms with van der Waals surface area (Å²) in [4.78, 5) is 127. The molecule has 0 aromatic heterocycles. The molecule has 438 valence electrons. The van der Waals surface area contributed by atoms with E-state index in [0.717, 1.165) is 0 Å². The zero-order valence-corrected chi connectivity index (χ0v) is 44.2. The average molecular weight is 1110 g/mol. The van der Waals surface area contributed by atoms with E-state index >= 15 is 0 Å². The predicted molar refractivity (Wildman–Crippen MR) is 285 cm³/mol. The summed E-state index contributed by atoms with van der Waals surface area (Å²) < 4.78 is 5.26. The van der Waals surface area contributed by atoms with Gasteiger partial charge in [0, 0.05) is 32.6 Å². The van der Waals surface area contributed by atoms with Gasteiger partial charge in [0.15, 0.2) is 5.96 Å². The first-order valence-corrected chi connectivity index (χ1v) is 25.8. The number of hydrogen-bond acceptors (Lipinski definition) is 19. The largest absolute Gasteiger partial charge is 0.497 e. The Bertz CT molecular complexity index is 2180. The van der Waals surface area contributed by atoms with Crippen molar-refractivity contribution in [3.63, 3.8) is 0 Å². The summed E-state index contributed by atoms with van der Waals surface area (Å²) in [6.07, 6.45) is 0.567. The van der Waals surface area contributed by atoms with E-state index < -0.39 is 133 Å². The van der Waals surface area contributed by atoms with Crippen molar-refractivity contribution in [3.8, 4) is 5.75 Å². The number of carboxylic acids is 1. The molecule has 30 nitrogen and oxygen atoms in total. The van der Waals surface area contributed by atoms with Crippen molar-refractivity contribution < 1.29 is 63.2 Å². The smallest absolute Gasteiger partial charge is 0.352 e. The van der Waals surface area contributed by atoms with Crippen LogP contribution in [0.4, 0.5) is 0 Å². The molecule has 2 rings (SSSR count). The van der Waals surface area contributed by atoms with E-state index in [1.807, 2.05) is 0 Å². The zero-order chi connectivity index (χ0) is 58.3. The van der Waals surface area contributed by atoms with Gasteiger partial charge in [-0.1, -0.05) is 24.6 Å². The van der Waals surface area contributed by atoms with E-state index in [2.05, 4.69) is 42.2 Å². The SMILES string of the molecule is COc1ccc(C[C@H](NC(=O)[C@@H]2CCCN2C(=O)[C@@H](CCCN)NC(=O)CNC(=O)[C@@H](NC(=O)[C@@H](NC(=O)[C@@H](N)CCCCN)[C@@H](O)CN)[C@@H](O)CN)C(=O)N[C@@H](CCCCN)C(=O)N/C(=C\CCN=C(N)N)C(=O)O)cc1. The van der Waals surface area contributed by atoms with Crippen molar-refractivity contribution in [2.24, 2.45) is 50.9 Å². The normalized spacial score (nSPS) is 16.3. The molecule has 26 N–H and O–H groups in total. The molecular weight excluding hydrogens is 1020 g/mol. The van der Waals surface area contributed by atoms with E-state index in [9.17, 15) is 58.5 Å². The maximum Gasteiger partial charge on any atom is 0.352 e. The number of amides is 8. The van der Waals surface area contributed by atoms with Crippen LogP contribution in [0, 0.1) is 0 Å². The molecular formula is C48H83N17O13. The Morgan fingerprint density at radius 3 is 1.88 bits per heavy atom. The molecule has 9 atom stereocenters. The number of nitrogens with two attached hydrogens (primary N) is 8. The van der Waals surface area contributed by atoms with Crippen LogP contribution >= 0.6 is 0 Å². The summed E-state index contributed by atoms with van der Waals surface area (Å²) in [7, 11) is 1.47. The molecule has 0 aliphatic carbocycles. The van der Waals surface area contributed by atoms with Crippen LogP contribution in [0.1, 0.15) is 76.2 Å². The van der Waals surface area contributed by atoms with Crippen molar-refractivity contribution >= 4 is 59.2 Å². The first kappa shape index (κ1) is 67.1. The molecule has 0 spiro atoms. The highest BCUT2D eigenvalue weighted by molar-refractivity contribution is 5.99. The van der Waals surface area contributed by atoms with Gasteiger partial charge in [-0.25, -0.2) is 4.79 Å². The Labute approximate surface area is 452 Å². The van der Waals surface area contributed by atoms with Gasteiger partial charge >= 0.3 is 5.97 Å². The minimum Gasteiger partial charge on any atom is -0.497 e. The molecule has 0 unspecified atom stereocenters. The second-order valence-corrected chi connectivity index (χ2v) is 18.4.